The lowest BCUT2D eigenvalue weighted by Gasteiger charge is -2.11. The van der Waals surface area contributed by atoms with Crippen molar-refractivity contribution >= 4 is 0 Å². The van der Waals surface area contributed by atoms with Gasteiger partial charge in [0.2, 0.25) is 0 Å². The lowest BCUT2D eigenvalue weighted by Crippen LogP contribution is -1.96. The van der Waals surface area contributed by atoms with Crippen molar-refractivity contribution in [2.75, 3.05) is 0 Å². The molecule has 0 heterocycles. The SMILES string of the molecule is [CH2]CCCCCCCCCCCCCCCCCCCCC(C[CH2])CC. The van der Waals surface area contributed by atoms with Crippen molar-refractivity contribution in [2.24, 2.45) is 5.92 Å². The summed E-state index contributed by atoms with van der Waals surface area (Å²) in [7, 11) is 0. The van der Waals surface area contributed by atoms with Gasteiger partial charge in [0.1, 0.15) is 0 Å². The summed E-state index contributed by atoms with van der Waals surface area (Å²) in [6.07, 6.45) is 31.2. The van der Waals surface area contributed by atoms with E-state index in [4.69, 9.17) is 0 Å². The van der Waals surface area contributed by atoms with Gasteiger partial charge in [0.15, 0.2) is 0 Å². The van der Waals surface area contributed by atoms with Gasteiger partial charge in [-0.05, 0) is 5.92 Å². The second-order valence-electron chi connectivity index (χ2n) is 8.57. The van der Waals surface area contributed by atoms with Crippen LogP contribution in [0.3, 0.4) is 0 Å². The van der Waals surface area contributed by atoms with Crippen LogP contribution in [-0.2, 0) is 0 Å². The quantitative estimate of drug-likeness (QED) is 0.168. The summed E-state index contributed by atoms with van der Waals surface area (Å²) in [5, 5.41) is 0. The van der Waals surface area contributed by atoms with E-state index in [0.717, 1.165) is 18.8 Å². The second-order valence-corrected chi connectivity index (χ2v) is 8.57. The zero-order valence-electron chi connectivity index (χ0n) is 18.5. The van der Waals surface area contributed by atoms with Gasteiger partial charge in [0, 0.05) is 0 Å². The first-order valence-corrected chi connectivity index (χ1v) is 12.4. The highest BCUT2D eigenvalue weighted by molar-refractivity contribution is 4.59. The lowest BCUT2D eigenvalue weighted by molar-refractivity contribution is 0.440. The maximum Gasteiger partial charge on any atom is -0.0417 e. The topological polar surface area (TPSA) is 0 Å². The van der Waals surface area contributed by atoms with Crippen LogP contribution in [0.5, 0.6) is 0 Å². The Morgan fingerprint density at radius 1 is 0.462 bits per heavy atom. The van der Waals surface area contributed by atoms with E-state index in [2.05, 4.69) is 20.8 Å². The third-order valence-electron chi connectivity index (χ3n) is 6.10. The minimum absolute atomic E-state index is 0.888. The predicted molar refractivity (Wildman–Crippen MR) is 121 cm³/mol. The molecule has 0 saturated carbocycles. The van der Waals surface area contributed by atoms with E-state index in [1.54, 1.807) is 0 Å². The average Bonchev–Trinajstić information content (AvgIpc) is 2.66. The molecule has 2 radical (unpaired) electrons. The molecular formula is C26H52. The first-order chi connectivity index (χ1) is 12.8. The highest BCUT2D eigenvalue weighted by Gasteiger charge is 2.02. The predicted octanol–water partition coefficient (Wildman–Crippen LogP) is 9.87. The standard InChI is InChI=1S/C26H52/c1-4-7-8-9-10-11-12-13-14-15-16-17-18-19-20-21-22-23-24-25-26(5-2)6-3/h26H,1-2,4-25H2,3H3. The van der Waals surface area contributed by atoms with Gasteiger partial charge in [0.25, 0.3) is 0 Å². The van der Waals surface area contributed by atoms with Gasteiger partial charge < -0.3 is 0 Å². The fourth-order valence-corrected chi connectivity index (χ4v) is 3.99. The maximum atomic E-state index is 4.06. The Bertz CT molecular complexity index is 228. The molecule has 0 aliphatic rings. The van der Waals surface area contributed by atoms with E-state index in [9.17, 15) is 0 Å². The zero-order valence-corrected chi connectivity index (χ0v) is 18.5. The van der Waals surface area contributed by atoms with Crippen molar-refractivity contribution in [2.45, 2.75) is 148 Å². The number of rotatable bonds is 22. The average molecular weight is 365 g/mol. The van der Waals surface area contributed by atoms with Crippen molar-refractivity contribution in [1.29, 1.82) is 0 Å². The van der Waals surface area contributed by atoms with Crippen LogP contribution in [0, 0.1) is 19.8 Å². The molecule has 1 atom stereocenters. The summed E-state index contributed by atoms with van der Waals surface area (Å²) in [4.78, 5) is 0. The van der Waals surface area contributed by atoms with E-state index in [1.807, 2.05) is 0 Å². The van der Waals surface area contributed by atoms with Gasteiger partial charge in [-0.25, -0.2) is 0 Å². The van der Waals surface area contributed by atoms with Crippen molar-refractivity contribution in [3.63, 3.8) is 0 Å². The molecule has 0 aliphatic carbocycles. The molecule has 0 aromatic heterocycles. The first kappa shape index (κ1) is 26.0. The summed E-state index contributed by atoms with van der Waals surface area (Å²) in [6.45, 7) is 10.3. The highest BCUT2D eigenvalue weighted by atomic mass is 14.1. The van der Waals surface area contributed by atoms with Crippen molar-refractivity contribution in [3.05, 3.63) is 13.8 Å². The molecule has 0 heteroatoms. The summed E-state index contributed by atoms with van der Waals surface area (Å²) < 4.78 is 0. The molecule has 0 rings (SSSR count). The molecule has 0 fully saturated rings. The molecule has 0 aliphatic heterocycles. The van der Waals surface area contributed by atoms with E-state index >= 15 is 0 Å². The van der Waals surface area contributed by atoms with Crippen molar-refractivity contribution < 1.29 is 0 Å². The van der Waals surface area contributed by atoms with Crippen LogP contribution in [-0.4, -0.2) is 0 Å². The molecule has 0 spiro atoms. The highest BCUT2D eigenvalue weighted by Crippen LogP contribution is 2.18. The smallest absolute Gasteiger partial charge is 0.0417 e. The van der Waals surface area contributed by atoms with Gasteiger partial charge in [-0.2, -0.15) is 0 Å². The van der Waals surface area contributed by atoms with E-state index in [0.29, 0.717) is 0 Å². The molecule has 0 nitrogen and oxygen atoms in total. The summed E-state index contributed by atoms with van der Waals surface area (Å²) in [6, 6.07) is 0. The molecule has 0 bridgehead atoms. The fourth-order valence-electron chi connectivity index (χ4n) is 3.99. The summed E-state index contributed by atoms with van der Waals surface area (Å²) >= 11 is 0. The Kier molecular flexibility index (Phi) is 23.0. The molecular weight excluding hydrogens is 312 g/mol. The van der Waals surface area contributed by atoms with Gasteiger partial charge in [-0.1, -0.05) is 162 Å². The Morgan fingerprint density at radius 2 is 0.769 bits per heavy atom. The second kappa shape index (κ2) is 23.0. The normalized spacial score (nSPS) is 11.5. The van der Waals surface area contributed by atoms with Gasteiger partial charge in [0.05, 0.1) is 0 Å². The fraction of sp³-hybridized carbons (Fsp3) is 0.923. The Morgan fingerprint density at radius 3 is 1.04 bits per heavy atom. The van der Waals surface area contributed by atoms with Crippen molar-refractivity contribution in [1.82, 2.24) is 0 Å². The number of hydrogen-bond donors (Lipinski definition) is 0. The monoisotopic (exact) mass is 364 g/mol. The minimum atomic E-state index is 0.888. The number of unbranched alkanes of at least 4 members (excludes halogenated alkanes) is 18. The van der Waals surface area contributed by atoms with Crippen LogP contribution in [0.15, 0.2) is 0 Å². The summed E-state index contributed by atoms with van der Waals surface area (Å²) in [5.41, 5.74) is 0. The maximum absolute atomic E-state index is 4.06. The third-order valence-corrected chi connectivity index (χ3v) is 6.10. The Balaban J connectivity index is 3.03. The molecule has 0 N–H and O–H groups in total. The van der Waals surface area contributed by atoms with E-state index in [1.165, 1.54) is 128 Å². The van der Waals surface area contributed by atoms with Gasteiger partial charge >= 0.3 is 0 Å². The lowest BCUT2D eigenvalue weighted by atomic mass is 9.95. The molecule has 26 heavy (non-hydrogen) atoms. The third kappa shape index (κ3) is 20.3. The molecule has 0 aromatic carbocycles. The molecule has 0 amide bonds. The van der Waals surface area contributed by atoms with Crippen LogP contribution in [0.25, 0.3) is 0 Å². The number of hydrogen-bond acceptors (Lipinski definition) is 0. The van der Waals surface area contributed by atoms with Crippen molar-refractivity contribution in [3.8, 4) is 0 Å². The van der Waals surface area contributed by atoms with Gasteiger partial charge in [-0.3, -0.25) is 0 Å². The van der Waals surface area contributed by atoms with E-state index < -0.39 is 0 Å². The largest absolute Gasteiger partial charge is 0.0651 e. The molecule has 156 valence electrons. The van der Waals surface area contributed by atoms with Crippen LogP contribution < -0.4 is 0 Å². The van der Waals surface area contributed by atoms with E-state index in [-0.39, 0.29) is 0 Å². The molecule has 0 aromatic rings. The Hall–Kier alpha value is 0. The molecule has 0 saturated heterocycles. The van der Waals surface area contributed by atoms with Crippen LogP contribution in [0.1, 0.15) is 148 Å². The Labute approximate surface area is 168 Å². The molecule has 1 unspecified atom stereocenters. The van der Waals surface area contributed by atoms with Crippen LogP contribution in [0.4, 0.5) is 0 Å². The van der Waals surface area contributed by atoms with Crippen LogP contribution >= 0.6 is 0 Å². The van der Waals surface area contributed by atoms with Crippen LogP contribution in [0.2, 0.25) is 0 Å². The van der Waals surface area contributed by atoms with Gasteiger partial charge in [-0.15, -0.1) is 0 Å². The zero-order chi connectivity index (χ0) is 19.1. The minimum Gasteiger partial charge on any atom is -0.0651 e. The summed E-state index contributed by atoms with van der Waals surface area (Å²) in [5.74, 6) is 0.888. The first-order valence-electron chi connectivity index (χ1n) is 12.4.